The monoisotopic (exact) mass is 249 g/mol. The van der Waals surface area contributed by atoms with Gasteiger partial charge in [-0.15, -0.1) is 0 Å². The van der Waals surface area contributed by atoms with Crippen LogP contribution in [0, 0.1) is 0 Å². The lowest BCUT2D eigenvalue weighted by atomic mass is 10.00. The van der Waals surface area contributed by atoms with Crippen LogP contribution in [0.15, 0.2) is 30.3 Å². The average molecular weight is 249 g/mol. The minimum Gasteiger partial charge on any atom is -0.312 e. The predicted molar refractivity (Wildman–Crippen MR) is 77.8 cm³/mol. The van der Waals surface area contributed by atoms with E-state index >= 15 is 0 Å². The predicted octanol–water partition coefficient (Wildman–Crippen LogP) is 3.66. The van der Waals surface area contributed by atoms with E-state index in [1.165, 1.54) is 24.2 Å². The maximum Gasteiger partial charge on any atom is 0.0184 e. The zero-order chi connectivity index (χ0) is 12.1. The van der Waals surface area contributed by atoms with E-state index in [0.717, 1.165) is 11.8 Å². The SMILES string of the molecule is CC(CNC1CCCSC1C)c1ccccc1. The summed E-state index contributed by atoms with van der Waals surface area (Å²) in [5, 5.41) is 4.52. The Labute approximate surface area is 109 Å². The first-order valence-electron chi connectivity index (χ1n) is 6.67. The molecule has 2 rings (SSSR count). The largest absolute Gasteiger partial charge is 0.312 e. The third-order valence-corrected chi connectivity index (χ3v) is 5.04. The second-order valence-corrected chi connectivity index (χ2v) is 6.53. The highest BCUT2D eigenvalue weighted by Gasteiger charge is 2.21. The van der Waals surface area contributed by atoms with E-state index in [-0.39, 0.29) is 0 Å². The van der Waals surface area contributed by atoms with Gasteiger partial charge >= 0.3 is 0 Å². The highest BCUT2D eigenvalue weighted by molar-refractivity contribution is 7.99. The molecule has 17 heavy (non-hydrogen) atoms. The number of nitrogens with one attached hydrogen (secondary N) is 1. The fourth-order valence-electron chi connectivity index (χ4n) is 2.42. The average Bonchev–Trinajstić information content (AvgIpc) is 2.38. The van der Waals surface area contributed by atoms with E-state index < -0.39 is 0 Å². The Kier molecular flexibility index (Phi) is 4.93. The molecule has 3 atom stereocenters. The Bertz CT molecular complexity index is 325. The van der Waals surface area contributed by atoms with Crippen LogP contribution in [0.3, 0.4) is 0 Å². The topological polar surface area (TPSA) is 12.0 Å². The van der Waals surface area contributed by atoms with Gasteiger partial charge in [-0.2, -0.15) is 11.8 Å². The molecule has 1 N–H and O–H groups in total. The van der Waals surface area contributed by atoms with Gasteiger partial charge in [0.2, 0.25) is 0 Å². The van der Waals surface area contributed by atoms with Crippen LogP contribution in [0.4, 0.5) is 0 Å². The molecule has 1 aliphatic rings. The van der Waals surface area contributed by atoms with E-state index in [4.69, 9.17) is 0 Å². The first kappa shape index (κ1) is 13.0. The molecule has 1 saturated heterocycles. The van der Waals surface area contributed by atoms with Crippen LogP contribution in [0.25, 0.3) is 0 Å². The van der Waals surface area contributed by atoms with Crippen molar-refractivity contribution in [2.24, 2.45) is 0 Å². The van der Waals surface area contributed by atoms with Gasteiger partial charge in [-0.3, -0.25) is 0 Å². The van der Waals surface area contributed by atoms with Crippen molar-refractivity contribution in [3.8, 4) is 0 Å². The summed E-state index contributed by atoms with van der Waals surface area (Å²) in [6.45, 7) is 5.76. The Morgan fingerprint density at radius 1 is 1.35 bits per heavy atom. The maximum absolute atomic E-state index is 3.75. The molecule has 0 spiro atoms. The maximum atomic E-state index is 3.75. The fraction of sp³-hybridized carbons (Fsp3) is 0.600. The summed E-state index contributed by atoms with van der Waals surface area (Å²) in [7, 11) is 0. The molecule has 1 nitrogen and oxygen atoms in total. The van der Waals surface area contributed by atoms with Crippen molar-refractivity contribution in [1.29, 1.82) is 0 Å². The molecule has 0 aliphatic carbocycles. The fourth-order valence-corrected chi connectivity index (χ4v) is 3.59. The minimum absolute atomic E-state index is 0.607. The second-order valence-electron chi connectivity index (χ2n) is 5.04. The van der Waals surface area contributed by atoms with Gasteiger partial charge in [0.05, 0.1) is 0 Å². The lowest BCUT2D eigenvalue weighted by Gasteiger charge is -2.30. The summed E-state index contributed by atoms with van der Waals surface area (Å²) < 4.78 is 0. The van der Waals surface area contributed by atoms with Gasteiger partial charge in [-0.25, -0.2) is 0 Å². The van der Waals surface area contributed by atoms with Gasteiger partial charge in [0.15, 0.2) is 0 Å². The van der Waals surface area contributed by atoms with Crippen LogP contribution in [-0.4, -0.2) is 23.6 Å². The highest BCUT2D eigenvalue weighted by Crippen LogP contribution is 2.25. The minimum atomic E-state index is 0.607. The van der Waals surface area contributed by atoms with Crippen LogP contribution < -0.4 is 5.32 Å². The third-order valence-electron chi connectivity index (χ3n) is 3.66. The van der Waals surface area contributed by atoms with Gasteiger partial charge < -0.3 is 5.32 Å². The van der Waals surface area contributed by atoms with Crippen molar-refractivity contribution in [3.05, 3.63) is 35.9 Å². The van der Waals surface area contributed by atoms with Crippen LogP contribution in [0.5, 0.6) is 0 Å². The first-order chi connectivity index (χ1) is 8.27. The van der Waals surface area contributed by atoms with E-state index in [2.05, 4.69) is 61.3 Å². The summed E-state index contributed by atoms with van der Waals surface area (Å²) in [6, 6.07) is 11.5. The molecular formula is C15H23NS. The normalized spacial score (nSPS) is 26.7. The number of thioether (sulfide) groups is 1. The number of rotatable bonds is 4. The molecule has 1 fully saturated rings. The summed E-state index contributed by atoms with van der Waals surface area (Å²) in [4.78, 5) is 0. The molecule has 0 bridgehead atoms. The van der Waals surface area contributed by atoms with Crippen molar-refractivity contribution >= 4 is 11.8 Å². The van der Waals surface area contributed by atoms with Gasteiger partial charge in [-0.1, -0.05) is 44.2 Å². The summed E-state index contributed by atoms with van der Waals surface area (Å²) in [6.07, 6.45) is 2.71. The van der Waals surface area contributed by atoms with Gasteiger partial charge in [-0.05, 0) is 30.1 Å². The van der Waals surface area contributed by atoms with E-state index in [1.54, 1.807) is 0 Å². The Hall–Kier alpha value is -0.470. The Morgan fingerprint density at radius 3 is 2.82 bits per heavy atom. The summed E-state index contributed by atoms with van der Waals surface area (Å²) in [5.74, 6) is 1.95. The molecule has 1 aliphatic heterocycles. The van der Waals surface area contributed by atoms with Crippen molar-refractivity contribution in [1.82, 2.24) is 5.32 Å². The van der Waals surface area contributed by atoms with Crippen LogP contribution in [0.1, 0.15) is 38.2 Å². The third kappa shape index (κ3) is 3.75. The van der Waals surface area contributed by atoms with Gasteiger partial charge in [0, 0.05) is 17.8 Å². The van der Waals surface area contributed by atoms with E-state index in [1.807, 2.05) is 0 Å². The molecular weight excluding hydrogens is 226 g/mol. The van der Waals surface area contributed by atoms with Crippen LogP contribution in [0.2, 0.25) is 0 Å². The zero-order valence-electron chi connectivity index (χ0n) is 10.9. The van der Waals surface area contributed by atoms with E-state index in [0.29, 0.717) is 12.0 Å². The lowest BCUT2D eigenvalue weighted by Crippen LogP contribution is -2.40. The van der Waals surface area contributed by atoms with Crippen molar-refractivity contribution in [2.75, 3.05) is 12.3 Å². The van der Waals surface area contributed by atoms with Gasteiger partial charge in [0.1, 0.15) is 0 Å². The van der Waals surface area contributed by atoms with Gasteiger partial charge in [0.25, 0.3) is 0 Å². The quantitative estimate of drug-likeness (QED) is 0.874. The molecule has 0 saturated carbocycles. The van der Waals surface area contributed by atoms with Crippen LogP contribution in [-0.2, 0) is 0 Å². The molecule has 0 amide bonds. The van der Waals surface area contributed by atoms with Crippen LogP contribution >= 0.6 is 11.8 Å². The molecule has 0 aromatic heterocycles. The standard InChI is InChI=1S/C15H23NS/c1-12(14-7-4-3-5-8-14)11-16-15-9-6-10-17-13(15)2/h3-5,7-8,12-13,15-16H,6,9-11H2,1-2H3. The van der Waals surface area contributed by atoms with Crippen molar-refractivity contribution in [3.63, 3.8) is 0 Å². The number of benzene rings is 1. The smallest absolute Gasteiger partial charge is 0.0184 e. The van der Waals surface area contributed by atoms with E-state index in [9.17, 15) is 0 Å². The highest BCUT2D eigenvalue weighted by atomic mass is 32.2. The molecule has 94 valence electrons. The first-order valence-corrected chi connectivity index (χ1v) is 7.72. The molecule has 1 heterocycles. The van der Waals surface area contributed by atoms with Crippen molar-refractivity contribution < 1.29 is 0 Å². The molecule has 2 heteroatoms. The molecule has 1 aromatic rings. The Morgan fingerprint density at radius 2 is 2.12 bits per heavy atom. The lowest BCUT2D eigenvalue weighted by molar-refractivity contribution is 0.448. The number of hydrogen-bond acceptors (Lipinski definition) is 2. The van der Waals surface area contributed by atoms with Crippen molar-refractivity contribution in [2.45, 2.75) is 43.9 Å². The molecule has 0 radical (unpaired) electrons. The molecule has 3 unspecified atom stereocenters. The summed E-state index contributed by atoms with van der Waals surface area (Å²) >= 11 is 2.11. The molecule has 1 aromatic carbocycles. The Balaban J connectivity index is 1.81. The summed E-state index contributed by atoms with van der Waals surface area (Å²) in [5.41, 5.74) is 1.44. The zero-order valence-corrected chi connectivity index (χ0v) is 11.7. The second kappa shape index (κ2) is 6.46. The number of hydrogen-bond donors (Lipinski definition) is 1.